The van der Waals surface area contributed by atoms with Crippen LogP contribution in [0.3, 0.4) is 0 Å². The fourth-order valence-corrected chi connectivity index (χ4v) is 5.50. The van der Waals surface area contributed by atoms with Crippen LogP contribution in [-0.4, -0.2) is 15.1 Å². The molecule has 1 N–H and O–H groups in total. The molecule has 0 bridgehead atoms. The van der Waals surface area contributed by atoms with Crippen LogP contribution in [0, 0.1) is 10.1 Å². The van der Waals surface area contributed by atoms with Crippen LogP contribution in [0.15, 0.2) is 114 Å². The molecule has 4 aromatic carbocycles. The van der Waals surface area contributed by atoms with E-state index in [1.165, 1.54) is 34.1 Å². The van der Waals surface area contributed by atoms with Crippen molar-refractivity contribution in [2.24, 2.45) is 0 Å². The summed E-state index contributed by atoms with van der Waals surface area (Å²) in [5, 5.41) is 23.9. The first-order valence-corrected chi connectivity index (χ1v) is 13.3. The Labute approximate surface area is 222 Å². The fourth-order valence-electron chi connectivity index (χ4n) is 3.77. The summed E-state index contributed by atoms with van der Waals surface area (Å²) in [5.74, 6) is 0.865. The summed E-state index contributed by atoms with van der Waals surface area (Å²) in [6, 6.07) is 34.7. The lowest BCUT2D eigenvalue weighted by molar-refractivity contribution is -0.400. The van der Waals surface area contributed by atoms with Crippen molar-refractivity contribution in [1.82, 2.24) is 10.2 Å². The second-order valence-corrected chi connectivity index (χ2v) is 10.1. The van der Waals surface area contributed by atoms with Crippen LogP contribution in [-0.2, 0) is 5.75 Å². The van der Waals surface area contributed by atoms with E-state index >= 15 is 0 Å². The number of anilines is 2. The summed E-state index contributed by atoms with van der Waals surface area (Å²) in [4.78, 5) is 11.2. The third-order valence-electron chi connectivity index (χ3n) is 5.55. The topological polar surface area (TPSA) is 81.0 Å². The van der Waals surface area contributed by atoms with Gasteiger partial charge in [0.05, 0.1) is 4.92 Å². The first kappa shape index (κ1) is 24.4. The van der Waals surface area contributed by atoms with Crippen molar-refractivity contribution in [2.45, 2.75) is 10.6 Å². The summed E-state index contributed by atoms with van der Waals surface area (Å²) in [6.07, 6.45) is 2.39. The van der Waals surface area contributed by atoms with E-state index in [0.717, 1.165) is 38.7 Å². The molecule has 0 atom stereocenters. The van der Waals surface area contributed by atoms with Crippen LogP contribution in [0.1, 0.15) is 11.1 Å². The summed E-state index contributed by atoms with van der Waals surface area (Å²) >= 11 is 3.25. The number of thioether (sulfide) groups is 1. The molecule has 0 fully saturated rings. The van der Waals surface area contributed by atoms with Gasteiger partial charge in [-0.15, -0.1) is 22.0 Å². The maximum absolute atomic E-state index is 10.5. The van der Waals surface area contributed by atoms with E-state index < -0.39 is 4.92 Å². The molecule has 8 heteroatoms. The van der Waals surface area contributed by atoms with Gasteiger partial charge < -0.3 is 5.32 Å². The fraction of sp³-hybridized carbons (Fsp3) is 0.0345. The number of hydrogen-bond donors (Lipinski definition) is 1. The number of benzene rings is 4. The Bertz CT molecular complexity index is 1530. The van der Waals surface area contributed by atoms with Crippen LogP contribution >= 0.6 is 23.1 Å². The molecule has 5 rings (SSSR count). The molecule has 0 aliphatic rings. The smallest absolute Gasteiger partial charge is 0.235 e. The molecular formula is C29H22N4O2S2. The lowest BCUT2D eigenvalue weighted by Crippen LogP contribution is -1.90. The Hall–Kier alpha value is -4.27. The number of rotatable bonds is 9. The molecule has 0 aliphatic heterocycles. The molecule has 182 valence electrons. The normalized spacial score (nSPS) is 11.0. The van der Waals surface area contributed by atoms with Gasteiger partial charge in [-0.25, -0.2) is 0 Å². The standard InChI is InChI=1S/C29H22N4O2S2/c34-33(35)18-17-21-13-15-23(16-14-21)28-31-32-29(37-28)30-25-10-6-11-26(19-25)36-20-24-9-4-5-12-27(24)22-7-2-1-3-8-22/h1-19H,20H2,(H,30,32). The molecule has 0 saturated heterocycles. The van der Waals surface area contributed by atoms with Crippen molar-refractivity contribution in [1.29, 1.82) is 0 Å². The first-order chi connectivity index (χ1) is 18.1. The van der Waals surface area contributed by atoms with Gasteiger partial charge >= 0.3 is 0 Å². The highest BCUT2D eigenvalue weighted by molar-refractivity contribution is 7.98. The minimum atomic E-state index is -0.478. The lowest BCUT2D eigenvalue weighted by Gasteiger charge is -2.10. The van der Waals surface area contributed by atoms with Gasteiger partial charge in [-0.3, -0.25) is 10.1 Å². The number of nitrogens with zero attached hydrogens (tertiary/aromatic N) is 3. The van der Waals surface area contributed by atoms with Gasteiger partial charge in [0, 0.05) is 28.0 Å². The van der Waals surface area contributed by atoms with Crippen LogP contribution in [0.2, 0.25) is 0 Å². The van der Waals surface area contributed by atoms with Crippen molar-refractivity contribution in [3.8, 4) is 21.7 Å². The largest absolute Gasteiger partial charge is 0.330 e. The molecule has 1 heterocycles. The van der Waals surface area contributed by atoms with Crippen molar-refractivity contribution in [2.75, 3.05) is 5.32 Å². The minimum Gasteiger partial charge on any atom is -0.330 e. The summed E-state index contributed by atoms with van der Waals surface area (Å²) in [7, 11) is 0. The van der Waals surface area contributed by atoms with E-state index in [2.05, 4.69) is 76.2 Å². The van der Waals surface area contributed by atoms with Crippen LogP contribution in [0.5, 0.6) is 0 Å². The Balaban J connectivity index is 1.24. The molecule has 1 aromatic heterocycles. The van der Waals surface area contributed by atoms with Gasteiger partial charge in [-0.05, 0) is 40.5 Å². The molecule has 37 heavy (non-hydrogen) atoms. The molecule has 5 aromatic rings. The first-order valence-electron chi connectivity index (χ1n) is 11.5. The predicted octanol–water partition coefficient (Wildman–Crippen LogP) is 8.16. The quantitative estimate of drug-likeness (QED) is 0.119. The van der Waals surface area contributed by atoms with E-state index in [1.54, 1.807) is 11.8 Å². The molecular weight excluding hydrogens is 500 g/mol. The Morgan fingerprint density at radius 1 is 0.865 bits per heavy atom. The van der Waals surface area contributed by atoms with Crippen LogP contribution < -0.4 is 5.32 Å². The lowest BCUT2D eigenvalue weighted by atomic mass is 10.0. The van der Waals surface area contributed by atoms with E-state index in [9.17, 15) is 10.1 Å². The Morgan fingerprint density at radius 3 is 2.46 bits per heavy atom. The molecule has 0 spiro atoms. The van der Waals surface area contributed by atoms with Crippen LogP contribution in [0.4, 0.5) is 10.8 Å². The zero-order chi connectivity index (χ0) is 25.5. The van der Waals surface area contributed by atoms with E-state index in [1.807, 2.05) is 42.5 Å². The van der Waals surface area contributed by atoms with Crippen LogP contribution in [0.25, 0.3) is 27.8 Å². The second-order valence-electron chi connectivity index (χ2n) is 8.10. The number of aromatic nitrogens is 2. The Morgan fingerprint density at radius 2 is 1.65 bits per heavy atom. The van der Waals surface area contributed by atoms with Gasteiger partial charge in [0.1, 0.15) is 5.01 Å². The zero-order valence-corrected chi connectivity index (χ0v) is 21.3. The van der Waals surface area contributed by atoms with Crippen molar-refractivity contribution < 1.29 is 4.92 Å². The van der Waals surface area contributed by atoms with Gasteiger partial charge in [0.2, 0.25) is 11.3 Å². The summed E-state index contributed by atoms with van der Waals surface area (Å²) in [6.45, 7) is 0. The third kappa shape index (κ3) is 6.49. The minimum absolute atomic E-state index is 0.478. The van der Waals surface area contributed by atoms with Gasteiger partial charge in [-0.1, -0.05) is 96.3 Å². The number of nitro groups is 1. The molecule has 6 nitrogen and oxygen atoms in total. The summed E-state index contributed by atoms with van der Waals surface area (Å²) < 4.78 is 0. The summed E-state index contributed by atoms with van der Waals surface area (Å²) in [5.41, 5.74) is 6.39. The average molecular weight is 523 g/mol. The predicted molar refractivity (Wildman–Crippen MR) is 153 cm³/mol. The monoisotopic (exact) mass is 522 g/mol. The molecule has 0 unspecified atom stereocenters. The van der Waals surface area contributed by atoms with E-state index in [4.69, 9.17) is 0 Å². The van der Waals surface area contributed by atoms with Gasteiger partial charge in [0.15, 0.2) is 0 Å². The highest BCUT2D eigenvalue weighted by atomic mass is 32.2. The van der Waals surface area contributed by atoms with Crippen molar-refractivity contribution >= 4 is 40.0 Å². The maximum atomic E-state index is 10.5. The average Bonchev–Trinajstić information content (AvgIpc) is 3.40. The molecule has 0 aliphatic carbocycles. The highest BCUT2D eigenvalue weighted by Crippen LogP contribution is 2.33. The van der Waals surface area contributed by atoms with Gasteiger partial charge in [0.25, 0.3) is 0 Å². The van der Waals surface area contributed by atoms with E-state index in [-0.39, 0.29) is 0 Å². The molecule has 0 radical (unpaired) electrons. The SMILES string of the molecule is O=[N+]([O-])C=Cc1ccc(-c2nnc(Nc3cccc(SCc4ccccc4-c4ccccc4)c3)s2)cc1. The second kappa shape index (κ2) is 11.6. The van der Waals surface area contributed by atoms with Crippen molar-refractivity contribution in [3.05, 3.63) is 131 Å². The number of hydrogen-bond acceptors (Lipinski definition) is 7. The zero-order valence-electron chi connectivity index (χ0n) is 19.7. The Kier molecular flexibility index (Phi) is 7.69. The third-order valence-corrected chi connectivity index (χ3v) is 7.48. The number of nitrogens with one attached hydrogen (secondary N) is 1. The van der Waals surface area contributed by atoms with Crippen molar-refractivity contribution in [3.63, 3.8) is 0 Å². The van der Waals surface area contributed by atoms with Gasteiger partial charge in [-0.2, -0.15) is 0 Å². The molecule has 0 saturated carbocycles. The maximum Gasteiger partial charge on any atom is 0.235 e. The van der Waals surface area contributed by atoms with E-state index in [0.29, 0.717) is 5.13 Å². The highest BCUT2D eigenvalue weighted by Gasteiger charge is 2.09. The molecule has 0 amide bonds.